The number of nitrogen functional groups attached to an aromatic ring is 1. The Morgan fingerprint density at radius 1 is 1.05 bits per heavy atom. The van der Waals surface area contributed by atoms with Gasteiger partial charge in [-0.2, -0.15) is 0 Å². The SMILES string of the molecule is Cc1cc(Oc2ccccc2C(C)(C)C)c(Br)cc1N. The van der Waals surface area contributed by atoms with Gasteiger partial charge in [-0.3, -0.25) is 0 Å². The lowest BCUT2D eigenvalue weighted by Gasteiger charge is -2.23. The first-order valence-corrected chi connectivity index (χ1v) is 7.41. The summed E-state index contributed by atoms with van der Waals surface area (Å²) in [5.41, 5.74) is 8.88. The smallest absolute Gasteiger partial charge is 0.142 e. The second-order valence-electron chi connectivity index (χ2n) is 5.99. The van der Waals surface area contributed by atoms with Crippen LogP contribution in [0.3, 0.4) is 0 Å². The van der Waals surface area contributed by atoms with Crippen LogP contribution in [0.5, 0.6) is 11.5 Å². The van der Waals surface area contributed by atoms with Crippen LogP contribution in [0.1, 0.15) is 31.9 Å². The van der Waals surface area contributed by atoms with Crippen molar-refractivity contribution in [3.05, 3.63) is 52.0 Å². The van der Waals surface area contributed by atoms with Crippen LogP contribution in [-0.4, -0.2) is 0 Å². The van der Waals surface area contributed by atoms with Crippen molar-refractivity contribution in [3.8, 4) is 11.5 Å². The Bertz CT molecular complexity index is 629. The number of rotatable bonds is 2. The normalized spacial score (nSPS) is 11.4. The molecule has 2 N–H and O–H groups in total. The molecule has 0 radical (unpaired) electrons. The highest BCUT2D eigenvalue weighted by atomic mass is 79.9. The molecule has 20 heavy (non-hydrogen) atoms. The van der Waals surface area contributed by atoms with Crippen LogP contribution in [0, 0.1) is 6.92 Å². The van der Waals surface area contributed by atoms with Gasteiger partial charge >= 0.3 is 0 Å². The molecule has 0 heterocycles. The molecule has 0 aliphatic carbocycles. The average Bonchev–Trinajstić information content (AvgIpc) is 2.35. The number of anilines is 1. The third-order valence-corrected chi connectivity index (χ3v) is 3.86. The predicted molar refractivity (Wildman–Crippen MR) is 88.5 cm³/mol. The van der Waals surface area contributed by atoms with Gasteiger partial charge in [0.25, 0.3) is 0 Å². The van der Waals surface area contributed by atoms with Gasteiger partial charge in [-0.15, -0.1) is 0 Å². The zero-order valence-electron chi connectivity index (χ0n) is 12.3. The Morgan fingerprint density at radius 3 is 2.35 bits per heavy atom. The Morgan fingerprint density at radius 2 is 1.70 bits per heavy atom. The van der Waals surface area contributed by atoms with Crippen molar-refractivity contribution in [3.63, 3.8) is 0 Å². The third kappa shape index (κ3) is 3.15. The number of aryl methyl sites for hydroxylation is 1. The molecule has 2 nitrogen and oxygen atoms in total. The van der Waals surface area contributed by atoms with Crippen molar-refractivity contribution < 1.29 is 4.74 Å². The molecule has 106 valence electrons. The monoisotopic (exact) mass is 333 g/mol. The van der Waals surface area contributed by atoms with Crippen LogP contribution < -0.4 is 10.5 Å². The van der Waals surface area contributed by atoms with E-state index in [4.69, 9.17) is 10.5 Å². The van der Waals surface area contributed by atoms with Crippen LogP contribution in [0.2, 0.25) is 0 Å². The summed E-state index contributed by atoms with van der Waals surface area (Å²) in [5, 5.41) is 0. The van der Waals surface area contributed by atoms with Gasteiger partial charge in [0.1, 0.15) is 11.5 Å². The Labute approximate surface area is 129 Å². The van der Waals surface area contributed by atoms with Crippen molar-refractivity contribution in [1.82, 2.24) is 0 Å². The highest BCUT2D eigenvalue weighted by Crippen LogP contribution is 2.37. The number of hydrogen-bond acceptors (Lipinski definition) is 2. The van der Waals surface area contributed by atoms with Gasteiger partial charge in [-0.25, -0.2) is 0 Å². The molecule has 0 aliphatic rings. The Balaban J connectivity index is 2.43. The molecule has 0 saturated heterocycles. The lowest BCUT2D eigenvalue weighted by Crippen LogP contribution is -2.12. The van der Waals surface area contributed by atoms with E-state index in [0.29, 0.717) is 0 Å². The topological polar surface area (TPSA) is 35.2 Å². The summed E-state index contributed by atoms with van der Waals surface area (Å²) in [4.78, 5) is 0. The van der Waals surface area contributed by atoms with Crippen LogP contribution in [0.25, 0.3) is 0 Å². The molecule has 0 fully saturated rings. The molecule has 0 atom stereocenters. The van der Waals surface area contributed by atoms with Crippen LogP contribution in [0.15, 0.2) is 40.9 Å². The molecule has 0 amide bonds. The van der Waals surface area contributed by atoms with E-state index < -0.39 is 0 Å². The van der Waals surface area contributed by atoms with Crippen LogP contribution in [-0.2, 0) is 5.41 Å². The van der Waals surface area contributed by atoms with Gasteiger partial charge in [0, 0.05) is 11.3 Å². The zero-order valence-corrected chi connectivity index (χ0v) is 13.9. The van der Waals surface area contributed by atoms with Crippen molar-refractivity contribution in [1.29, 1.82) is 0 Å². The first-order valence-electron chi connectivity index (χ1n) is 6.62. The number of halogens is 1. The molecular formula is C17H20BrNO. The van der Waals surface area contributed by atoms with Gasteiger partial charge < -0.3 is 10.5 Å². The van der Waals surface area contributed by atoms with Gasteiger partial charge in [0.2, 0.25) is 0 Å². The molecule has 2 rings (SSSR count). The summed E-state index contributed by atoms with van der Waals surface area (Å²) in [6, 6.07) is 12.0. The Hall–Kier alpha value is -1.48. The highest BCUT2D eigenvalue weighted by molar-refractivity contribution is 9.10. The lowest BCUT2D eigenvalue weighted by molar-refractivity contribution is 0.453. The zero-order chi connectivity index (χ0) is 14.9. The highest BCUT2D eigenvalue weighted by Gasteiger charge is 2.19. The molecule has 2 aromatic rings. The molecule has 0 aromatic heterocycles. The number of nitrogens with two attached hydrogens (primary N) is 1. The van der Waals surface area contributed by atoms with Crippen molar-refractivity contribution in [2.45, 2.75) is 33.1 Å². The average molecular weight is 334 g/mol. The standard InChI is InChI=1S/C17H20BrNO/c1-11-9-16(13(18)10-14(11)19)20-15-8-6-5-7-12(15)17(2,3)4/h5-10H,19H2,1-4H3. The van der Waals surface area contributed by atoms with E-state index in [9.17, 15) is 0 Å². The molecular weight excluding hydrogens is 314 g/mol. The quantitative estimate of drug-likeness (QED) is 0.743. The lowest BCUT2D eigenvalue weighted by atomic mass is 9.86. The molecule has 0 spiro atoms. The largest absolute Gasteiger partial charge is 0.456 e. The van der Waals surface area contributed by atoms with Crippen molar-refractivity contribution in [2.75, 3.05) is 5.73 Å². The maximum absolute atomic E-state index is 6.10. The minimum absolute atomic E-state index is 0.0337. The van der Waals surface area contributed by atoms with Crippen LogP contribution in [0.4, 0.5) is 5.69 Å². The predicted octanol–water partition coefficient (Wildman–Crippen LogP) is 5.43. The fourth-order valence-corrected chi connectivity index (χ4v) is 2.48. The second-order valence-corrected chi connectivity index (χ2v) is 6.84. The van der Waals surface area contributed by atoms with Crippen LogP contribution >= 0.6 is 15.9 Å². The van der Waals surface area contributed by atoms with Gasteiger partial charge in [0.05, 0.1) is 4.47 Å². The van der Waals surface area contributed by atoms with E-state index in [0.717, 1.165) is 27.2 Å². The molecule has 0 unspecified atom stereocenters. The van der Waals surface area contributed by atoms with E-state index in [1.54, 1.807) is 0 Å². The number of para-hydroxylation sites is 1. The minimum atomic E-state index is 0.0337. The van der Waals surface area contributed by atoms with Crippen molar-refractivity contribution in [2.24, 2.45) is 0 Å². The Kier molecular flexibility index (Phi) is 4.09. The van der Waals surface area contributed by atoms with E-state index >= 15 is 0 Å². The number of ether oxygens (including phenoxy) is 1. The van der Waals surface area contributed by atoms with E-state index in [-0.39, 0.29) is 5.41 Å². The number of benzene rings is 2. The van der Waals surface area contributed by atoms with Crippen molar-refractivity contribution >= 4 is 21.6 Å². The third-order valence-electron chi connectivity index (χ3n) is 3.24. The minimum Gasteiger partial charge on any atom is -0.456 e. The summed E-state index contributed by atoms with van der Waals surface area (Å²) in [6.45, 7) is 8.51. The van der Waals surface area contributed by atoms with Gasteiger partial charge in [-0.05, 0) is 52.0 Å². The van der Waals surface area contributed by atoms with E-state index in [1.165, 1.54) is 5.56 Å². The first-order chi connectivity index (χ1) is 9.29. The maximum Gasteiger partial charge on any atom is 0.142 e. The summed E-state index contributed by atoms with van der Waals surface area (Å²) in [6.07, 6.45) is 0. The van der Waals surface area contributed by atoms with E-state index in [2.05, 4.69) is 42.8 Å². The summed E-state index contributed by atoms with van der Waals surface area (Å²) in [5.74, 6) is 1.67. The summed E-state index contributed by atoms with van der Waals surface area (Å²) >= 11 is 3.51. The fourth-order valence-electron chi connectivity index (χ4n) is 2.04. The first kappa shape index (κ1) is 14.9. The fraction of sp³-hybridized carbons (Fsp3) is 0.294. The van der Waals surface area contributed by atoms with E-state index in [1.807, 2.05) is 37.3 Å². The molecule has 0 saturated carbocycles. The van der Waals surface area contributed by atoms with Gasteiger partial charge in [-0.1, -0.05) is 39.0 Å². The van der Waals surface area contributed by atoms with Gasteiger partial charge in [0.15, 0.2) is 0 Å². The molecule has 0 bridgehead atoms. The summed E-state index contributed by atoms with van der Waals surface area (Å²) < 4.78 is 6.97. The molecule has 3 heteroatoms. The molecule has 2 aromatic carbocycles. The summed E-state index contributed by atoms with van der Waals surface area (Å²) in [7, 11) is 0. The number of hydrogen-bond donors (Lipinski definition) is 1. The second kappa shape index (κ2) is 5.49. The maximum atomic E-state index is 6.10. The molecule has 0 aliphatic heterocycles.